The van der Waals surface area contributed by atoms with Crippen molar-refractivity contribution >= 4 is 11.6 Å². The predicted molar refractivity (Wildman–Crippen MR) is 87.6 cm³/mol. The smallest absolute Gasteiger partial charge is 0.225 e. The van der Waals surface area contributed by atoms with Crippen LogP contribution in [0.2, 0.25) is 0 Å². The molecule has 0 bridgehead atoms. The molecule has 1 aromatic carbocycles. The van der Waals surface area contributed by atoms with Gasteiger partial charge in [0, 0.05) is 19.0 Å². The Hall–Kier alpha value is -1.75. The molecule has 0 atom stereocenters. The first-order valence-corrected chi connectivity index (χ1v) is 7.86. The van der Waals surface area contributed by atoms with Crippen molar-refractivity contribution in [2.45, 2.75) is 26.2 Å². The molecular formula is C17H26N2O3. The second-order valence-electron chi connectivity index (χ2n) is 5.89. The van der Waals surface area contributed by atoms with Gasteiger partial charge in [0.05, 0.1) is 19.9 Å². The van der Waals surface area contributed by atoms with Gasteiger partial charge in [0.2, 0.25) is 5.91 Å². The van der Waals surface area contributed by atoms with Crippen LogP contribution < -0.4 is 14.8 Å². The summed E-state index contributed by atoms with van der Waals surface area (Å²) >= 11 is 0. The van der Waals surface area contributed by atoms with Crippen LogP contribution in [-0.4, -0.2) is 44.7 Å². The lowest BCUT2D eigenvalue weighted by atomic mass is 9.99. The fourth-order valence-electron chi connectivity index (χ4n) is 2.66. The number of nitrogens with zero attached hydrogens (tertiary/aromatic N) is 1. The SMILES string of the molecule is COc1ccc(NC(=O)CCN2CCC(C)CC2)c(OC)c1. The van der Waals surface area contributed by atoms with E-state index in [1.807, 2.05) is 6.07 Å². The Balaban J connectivity index is 1.84. The van der Waals surface area contributed by atoms with Crippen molar-refractivity contribution in [2.24, 2.45) is 5.92 Å². The third kappa shape index (κ3) is 4.63. The maximum Gasteiger partial charge on any atom is 0.225 e. The van der Waals surface area contributed by atoms with Crippen LogP contribution in [0, 0.1) is 5.92 Å². The number of benzene rings is 1. The van der Waals surface area contributed by atoms with Crippen LogP contribution in [0.1, 0.15) is 26.2 Å². The fraction of sp³-hybridized carbons (Fsp3) is 0.588. The van der Waals surface area contributed by atoms with Crippen LogP contribution in [0.4, 0.5) is 5.69 Å². The minimum Gasteiger partial charge on any atom is -0.497 e. The zero-order chi connectivity index (χ0) is 15.9. The van der Waals surface area contributed by atoms with E-state index in [1.165, 1.54) is 12.8 Å². The molecule has 0 spiro atoms. The summed E-state index contributed by atoms with van der Waals surface area (Å²) in [4.78, 5) is 14.5. The first-order chi connectivity index (χ1) is 10.6. The summed E-state index contributed by atoms with van der Waals surface area (Å²) in [6.45, 7) is 5.30. The number of carbonyl (C=O) groups is 1. The van der Waals surface area contributed by atoms with Gasteiger partial charge in [-0.3, -0.25) is 4.79 Å². The second-order valence-corrected chi connectivity index (χ2v) is 5.89. The van der Waals surface area contributed by atoms with Gasteiger partial charge < -0.3 is 19.7 Å². The molecule has 22 heavy (non-hydrogen) atoms. The molecule has 122 valence electrons. The standard InChI is InChI=1S/C17H26N2O3/c1-13-6-9-19(10-7-13)11-8-17(20)18-15-5-4-14(21-2)12-16(15)22-3/h4-5,12-13H,6-11H2,1-3H3,(H,18,20). The minimum absolute atomic E-state index is 0.0158. The number of anilines is 1. The number of carbonyl (C=O) groups excluding carboxylic acids is 1. The lowest BCUT2D eigenvalue weighted by Gasteiger charge is -2.29. The van der Waals surface area contributed by atoms with Crippen molar-refractivity contribution in [3.8, 4) is 11.5 Å². The first-order valence-electron chi connectivity index (χ1n) is 7.86. The summed E-state index contributed by atoms with van der Waals surface area (Å²) in [7, 11) is 3.19. The number of hydrogen-bond donors (Lipinski definition) is 1. The van der Waals surface area contributed by atoms with Gasteiger partial charge in [-0.05, 0) is 44.0 Å². The lowest BCUT2D eigenvalue weighted by molar-refractivity contribution is -0.116. The first kappa shape index (κ1) is 16.6. The maximum atomic E-state index is 12.1. The van der Waals surface area contributed by atoms with Crippen molar-refractivity contribution < 1.29 is 14.3 Å². The van der Waals surface area contributed by atoms with Crippen molar-refractivity contribution in [1.29, 1.82) is 0 Å². The largest absolute Gasteiger partial charge is 0.497 e. The van der Waals surface area contributed by atoms with E-state index in [2.05, 4.69) is 17.1 Å². The number of amides is 1. The molecule has 0 radical (unpaired) electrons. The molecule has 1 aliphatic rings. The summed E-state index contributed by atoms with van der Waals surface area (Å²) in [6.07, 6.45) is 2.96. The minimum atomic E-state index is 0.0158. The van der Waals surface area contributed by atoms with Gasteiger partial charge in [0.1, 0.15) is 11.5 Å². The zero-order valence-corrected chi connectivity index (χ0v) is 13.7. The molecule has 1 amide bonds. The molecule has 1 fully saturated rings. The number of piperidine rings is 1. The van der Waals surface area contributed by atoms with E-state index >= 15 is 0 Å². The second kappa shape index (κ2) is 8.03. The average Bonchev–Trinajstić information content (AvgIpc) is 2.54. The lowest BCUT2D eigenvalue weighted by Crippen LogP contribution is -2.35. The number of nitrogens with one attached hydrogen (secondary N) is 1. The highest BCUT2D eigenvalue weighted by atomic mass is 16.5. The van der Waals surface area contributed by atoms with E-state index in [9.17, 15) is 4.79 Å². The Bertz CT molecular complexity index is 497. The number of ether oxygens (including phenoxy) is 2. The summed E-state index contributed by atoms with van der Waals surface area (Å²) in [6, 6.07) is 5.38. The van der Waals surface area contributed by atoms with Crippen LogP contribution in [-0.2, 0) is 4.79 Å². The van der Waals surface area contributed by atoms with Gasteiger partial charge in [-0.15, -0.1) is 0 Å². The Morgan fingerprint density at radius 3 is 2.64 bits per heavy atom. The van der Waals surface area contributed by atoms with Gasteiger partial charge in [0.25, 0.3) is 0 Å². The van der Waals surface area contributed by atoms with Gasteiger partial charge >= 0.3 is 0 Å². The molecule has 0 saturated carbocycles. The van der Waals surface area contributed by atoms with Crippen LogP contribution in [0.5, 0.6) is 11.5 Å². The third-order valence-corrected chi connectivity index (χ3v) is 4.21. The normalized spacial score (nSPS) is 16.3. The topological polar surface area (TPSA) is 50.8 Å². The van der Waals surface area contributed by atoms with Gasteiger partial charge in [-0.25, -0.2) is 0 Å². The van der Waals surface area contributed by atoms with Crippen LogP contribution in [0.25, 0.3) is 0 Å². The molecule has 0 unspecified atom stereocenters. The van der Waals surface area contributed by atoms with E-state index < -0.39 is 0 Å². The molecule has 1 saturated heterocycles. The fourth-order valence-corrected chi connectivity index (χ4v) is 2.66. The quantitative estimate of drug-likeness (QED) is 0.878. The Kier molecular flexibility index (Phi) is 6.07. The zero-order valence-electron chi connectivity index (χ0n) is 13.7. The molecule has 0 aromatic heterocycles. The van der Waals surface area contributed by atoms with E-state index in [-0.39, 0.29) is 5.91 Å². The van der Waals surface area contributed by atoms with Crippen molar-refractivity contribution in [3.63, 3.8) is 0 Å². The summed E-state index contributed by atoms with van der Waals surface area (Å²) in [5.41, 5.74) is 0.681. The van der Waals surface area contributed by atoms with Crippen LogP contribution >= 0.6 is 0 Å². The monoisotopic (exact) mass is 306 g/mol. The maximum absolute atomic E-state index is 12.1. The van der Waals surface area contributed by atoms with E-state index in [0.717, 1.165) is 25.6 Å². The Labute approximate surface area is 132 Å². The van der Waals surface area contributed by atoms with Gasteiger partial charge in [-0.1, -0.05) is 6.92 Å². The van der Waals surface area contributed by atoms with Crippen LogP contribution in [0.15, 0.2) is 18.2 Å². The Morgan fingerprint density at radius 1 is 1.27 bits per heavy atom. The molecule has 5 nitrogen and oxygen atoms in total. The van der Waals surface area contributed by atoms with Crippen LogP contribution in [0.3, 0.4) is 0 Å². The summed E-state index contributed by atoms with van der Waals surface area (Å²) in [5, 5.41) is 2.91. The highest BCUT2D eigenvalue weighted by Gasteiger charge is 2.16. The molecule has 1 aliphatic heterocycles. The molecule has 5 heteroatoms. The highest BCUT2D eigenvalue weighted by Crippen LogP contribution is 2.29. The molecule has 2 rings (SSSR count). The summed E-state index contributed by atoms with van der Waals surface area (Å²) < 4.78 is 10.4. The van der Waals surface area contributed by atoms with Crippen molar-refractivity contribution in [2.75, 3.05) is 39.2 Å². The van der Waals surface area contributed by atoms with Gasteiger partial charge in [0.15, 0.2) is 0 Å². The van der Waals surface area contributed by atoms with Gasteiger partial charge in [-0.2, -0.15) is 0 Å². The average molecular weight is 306 g/mol. The predicted octanol–water partition coefficient (Wildman–Crippen LogP) is 2.76. The molecule has 1 N–H and O–H groups in total. The highest BCUT2D eigenvalue weighted by molar-refractivity contribution is 5.92. The molecule has 1 heterocycles. The summed E-state index contributed by atoms with van der Waals surface area (Å²) in [5.74, 6) is 2.15. The third-order valence-electron chi connectivity index (χ3n) is 4.21. The molecule has 1 aromatic rings. The number of rotatable bonds is 6. The van der Waals surface area contributed by atoms with Crippen molar-refractivity contribution in [1.82, 2.24) is 4.90 Å². The van der Waals surface area contributed by atoms with E-state index in [4.69, 9.17) is 9.47 Å². The van der Waals surface area contributed by atoms with E-state index in [0.29, 0.717) is 23.6 Å². The van der Waals surface area contributed by atoms with Crippen molar-refractivity contribution in [3.05, 3.63) is 18.2 Å². The number of hydrogen-bond acceptors (Lipinski definition) is 4. The molecule has 0 aliphatic carbocycles. The Morgan fingerprint density at radius 2 is 2.00 bits per heavy atom. The molecular weight excluding hydrogens is 280 g/mol. The number of likely N-dealkylation sites (tertiary alicyclic amines) is 1. The van der Waals surface area contributed by atoms with E-state index in [1.54, 1.807) is 26.4 Å². The number of methoxy groups -OCH3 is 2.